The first-order valence-electron chi connectivity index (χ1n) is 6.33. The zero-order chi connectivity index (χ0) is 15.3. The minimum atomic E-state index is -0.983. The maximum atomic E-state index is 13.4. The lowest BCUT2D eigenvalue weighted by Crippen LogP contribution is -2.42. The molecule has 0 radical (unpaired) electrons. The fourth-order valence-electron chi connectivity index (χ4n) is 1.87. The Labute approximate surface area is 125 Å². The molecule has 0 saturated carbocycles. The van der Waals surface area contributed by atoms with E-state index in [-0.39, 0.29) is 16.6 Å². The summed E-state index contributed by atoms with van der Waals surface area (Å²) in [5.74, 6) is -1.96. The quantitative estimate of drug-likeness (QED) is 0.831. The van der Waals surface area contributed by atoms with Gasteiger partial charge in [0, 0.05) is 12.1 Å². The van der Waals surface area contributed by atoms with Crippen molar-refractivity contribution in [1.82, 2.24) is 5.32 Å². The van der Waals surface area contributed by atoms with E-state index in [2.05, 4.69) is 21.2 Å². The molecule has 0 heterocycles. The van der Waals surface area contributed by atoms with Crippen LogP contribution in [0.4, 0.5) is 4.39 Å². The van der Waals surface area contributed by atoms with Crippen LogP contribution < -0.4 is 5.32 Å². The SMILES string of the molecule is CCC(CC)(CNC(=O)c1ccc(Br)c(F)c1)C(=O)O. The van der Waals surface area contributed by atoms with Crippen LogP contribution in [0.3, 0.4) is 0 Å². The number of amides is 1. The van der Waals surface area contributed by atoms with Crippen LogP contribution >= 0.6 is 15.9 Å². The summed E-state index contributed by atoms with van der Waals surface area (Å²) in [5, 5.41) is 11.8. The summed E-state index contributed by atoms with van der Waals surface area (Å²) in [5.41, 5.74) is -0.819. The number of carbonyl (C=O) groups excluding carboxylic acids is 1. The number of carbonyl (C=O) groups is 2. The topological polar surface area (TPSA) is 66.4 Å². The average molecular weight is 346 g/mol. The van der Waals surface area contributed by atoms with Crippen molar-refractivity contribution in [3.8, 4) is 0 Å². The molecule has 0 aliphatic rings. The maximum Gasteiger partial charge on any atom is 0.311 e. The molecule has 0 fully saturated rings. The molecule has 110 valence electrons. The van der Waals surface area contributed by atoms with E-state index in [9.17, 15) is 19.1 Å². The van der Waals surface area contributed by atoms with Crippen LogP contribution in [0.25, 0.3) is 0 Å². The predicted octanol–water partition coefficient (Wildman–Crippen LogP) is 3.21. The number of benzene rings is 1. The van der Waals surface area contributed by atoms with Gasteiger partial charge in [0.05, 0.1) is 9.89 Å². The van der Waals surface area contributed by atoms with Crippen LogP contribution in [0.2, 0.25) is 0 Å². The maximum absolute atomic E-state index is 13.4. The first kappa shape index (κ1) is 16.6. The van der Waals surface area contributed by atoms with Gasteiger partial charge in [-0.25, -0.2) is 4.39 Å². The van der Waals surface area contributed by atoms with Crippen LogP contribution in [-0.2, 0) is 4.79 Å². The minimum Gasteiger partial charge on any atom is -0.481 e. The van der Waals surface area contributed by atoms with Crippen molar-refractivity contribution in [3.63, 3.8) is 0 Å². The molecule has 20 heavy (non-hydrogen) atoms. The summed E-state index contributed by atoms with van der Waals surface area (Å²) in [7, 11) is 0. The average Bonchev–Trinajstić information content (AvgIpc) is 2.43. The first-order valence-corrected chi connectivity index (χ1v) is 7.12. The Kier molecular flexibility index (Phi) is 5.68. The van der Waals surface area contributed by atoms with Gasteiger partial charge < -0.3 is 10.4 Å². The van der Waals surface area contributed by atoms with Crippen LogP contribution in [0.1, 0.15) is 37.0 Å². The normalized spacial score (nSPS) is 11.2. The molecule has 0 spiro atoms. The summed E-state index contributed by atoms with van der Waals surface area (Å²) in [6.07, 6.45) is 0.821. The number of nitrogens with one attached hydrogen (secondary N) is 1. The van der Waals surface area contributed by atoms with Crippen LogP contribution in [0, 0.1) is 11.2 Å². The Morgan fingerprint density at radius 1 is 1.35 bits per heavy atom. The molecule has 0 atom stereocenters. The van der Waals surface area contributed by atoms with E-state index in [0.717, 1.165) is 6.07 Å². The molecule has 0 unspecified atom stereocenters. The summed E-state index contributed by atoms with van der Waals surface area (Å²) in [4.78, 5) is 23.2. The molecular weight excluding hydrogens is 329 g/mol. The second-order valence-corrected chi connectivity index (χ2v) is 5.46. The largest absolute Gasteiger partial charge is 0.481 e. The van der Waals surface area contributed by atoms with E-state index in [1.807, 2.05) is 0 Å². The highest BCUT2D eigenvalue weighted by atomic mass is 79.9. The van der Waals surface area contributed by atoms with Gasteiger partial charge in [-0.1, -0.05) is 13.8 Å². The molecule has 0 aromatic heterocycles. The van der Waals surface area contributed by atoms with E-state index < -0.39 is 23.1 Å². The molecule has 0 aliphatic heterocycles. The van der Waals surface area contributed by atoms with E-state index >= 15 is 0 Å². The molecule has 1 amide bonds. The molecule has 0 saturated heterocycles. The van der Waals surface area contributed by atoms with Gasteiger partial charge >= 0.3 is 5.97 Å². The van der Waals surface area contributed by atoms with Gasteiger partial charge in [-0.05, 0) is 47.0 Å². The highest BCUT2D eigenvalue weighted by Gasteiger charge is 2.35. The molecular formula is C14H17BrFNO3. The van der Waals surface area contributed by atoms with E-state index in [4.69, 9.17) is 0 Å². The molecule has 1 aromatic rings. The van der Waals surface area contributed by atoms with Gasteiger partial charge in [0.2, 0.25) is 0 Å². The third kappa shape index (κ3) is 3.56. The molecule has 4 nitrogen and oxygen atoms in total. The standard InChI is InChI=1S/C14H17BrFNO3/c1-3-14(4-2,13(19)20)8-17-12(18)9-5-6-10(15)11(16)7-9/h5-7H,3-4,8H2,1-2H3,(H,17,18)(H,19,20). The molecule has 1 rings (SSSR count). The second kappa shape index (κ2) is 6.83. The minimum absolute atomic E-state index is 0.0197. The highest BCUT2D eigenvalue weighted by molar-refractivity contribution is 9.10. The predicted molar refractivity (Wildman–Crippen MR) is 77.1 cm³/mol. The van der Waals surface area contributed by atoms with Gasteiger partial charge in [-0.15, -0.1) is 0 Å². The summed E-state index contributed by atoms with van der Waals surface area (Å²) < 4.78 is 13.6. The molecule has 0 bridgehead atoms. The number of rotatable bonds is 6. The Morgan fingerprint density at radius 2 is 1.95 bits per heavy atom. The third-order valence-corrected chi connectivity index (χ3v) is 4.22. The fourth-order valence-corrected chi connectivity index (χ4v) is 2.11. The highest BCUT2D eigenvalue weighted by Crippen LogP contribution is 2.26. The Morgan fingerprint density at radius 3 is 2.40 bits per heavy atom. The van der Waals surface area contributed by atoms with Crippen molar-refractivity contribution in [2.75, 3.05) is 6.54 Å². The van der Waals surface area contributed by atoms with Crippen LogP contribution in [0.15, 0.2) is 22.7 Å². The lowest BCUT2D eigenvalue weighted by Gasteiger charge is -2.26. The summed E-state index contributed by atoms with van der Waals surface area (Å²) in [6.45, 7) is 3.55. The van der Waals surface area contributed by atoms with Crippen molar-refractivity contribution in [2.24, 2.45) is 5.41 Å². The van der Waals surface area contributed by atoms with E-state index in [1.165, 1.54) is 12.1 Å². The number of hydrogen-bond donors (Lipinski definition) is 2. The van der Waals surface area contributed by atoms with Gasteiger partial charge in [-0.2, -0.15) is 0 Å². The zero-order valence-corrected chi connectivity index (χ0v) is 13.0. The Bertz CT molecular complexity index is 515. The zero-order valence-electron chi connectivity index (χ0n) is 11.4. The van der Waals surface area contributed by atoms with Crippen LogP contribution in [-0.4, -0.2) is 23.5 Å². The van der Waals surface area contributed by atoms with Crippen molar-refractivity contribution in [1.29, 1.82) is 0 Å². The van der Waals surface area contributed by atoms with E-state index in [0.29, 0.717) is 12.8 Å². The number of hydrogen-bond acceptors (Lipinski definition) is 2. The smallest absolute Gasteiger partial charge is 0.311 e. The molecule has 1 aromatic carbocycles. The molecule has 6 heteroatoms. The fraction of sp³-hybridized carbons (Fsp3) is 0.429. The second-order valence-electron chi connectivity index (χ2n) is 4.60. The number of carboxylic acid groups (broad SMARTS) is 1. The molecule has 2 N–H and O–H groups in total. The van der Waals surface area contributed by atoms with Gasteiger partial charge in [-0.3, -0.25) is 9.59 Å². The monoisotopic (exact) mass is 345 g/mol. The molecule has 0 aliphatic carbocycles. The van der Waals surface area contributed by atoms with Gasteiger partial charge in [0.25, 0.3) is 5.91 Å². The lowest BCUT2D eigenvalue weighted by molar-refractivity contribution is -0.149. The summed E-state index contributed by atoms with van der Waals surface area (Å²) in [6, 6.07) is 4.02. The van der Waals surface area contributed by atoms with Crippen molar-refractivity contribution >= 4 is 27.8 Å². The third-order valence-electron chi connectivity index (χ3n) is 3.58. The Hall–Kier alpha value is -1.43. The van der Waals surface area contributed by atoms with Crippen molar-refractivity contribution < 1.29 is 19.1 Å². The number of halogens is 2. The van der Waals surface area contributed by atoms with Gasteiger partial charge in [0.1, 0.15) is 5.82 Å². The lowest BCUT2D eigenvalue weighted by atomic mass is 9.82. The van der Waals surface area contributed by atoms with E-state index in [1.54, 1.807) is 13.8 Å². The van der Waals surface area contributed by atoms with Crippen LogP contribution in [0.5, 0.6) is 0 Å². The first-order chi connectivity index (χ1) is 9.36. The summed E-state index contributed by atoms with van der Waals surface area (Å²) >= 11 is 3.01. The van der Waals surface area contributed by atoms with Crippen molar-refractivity contribution in [2.45, 2.75) is 26.7 Å². The van der Waals surface area contributed by atoms with Crippen molar-refractivity contribution in [3.05, 3.63) is 34.1 Å². The number of carboxylic acids is 1. The van der Waals surface area contributed by atoms with Gasteiger partial charge in [0.15, 0.2) is 0 Å². The number of aliphatic carboxylic acids is 1. The Balaban J connectivity index is 2.80.